The summed E-state index contributed by atoms with van der Waals surface area (Å²) in [6, 6.07) is 7.92. The summed E-state index contributed by atoms with van der Waals surface area (Å²) < 4.78 is 23.9. The zero-order valence-electron chi connectivity index (χ0n) is 18.2. The molecule has 0 bridgehead atoms. The number of nitrogens with zero attached hydrogens (tertiary/aromatic N) is 2. The average molecular weight is 424 g/mol. The Morgan fingerprint density at radius 1 is 1.29 bits per heavy atom. The van der Waals surface area contributed by atoms with Crippen LogP contribution in [0.15, 0.2) is 29.1 Å². The van der Waals surface area contributed by atoms with Gasteiger partial charge in [-0.25, -0.2) is 4.79 Å². The molecule has 0 aliphatic carbocycles. The van der Waals surface area contributed by atoms with Crippen molar-refractivity contribution in [3.63, 3.8) is 0 Å². The summed E-state index contributed by atoms with van der Waals surface area (Å²) in [6.07, 6.45) is 0.509. The minimum absolute atomic E-state index is 0.0975. The third kappa shape index (κ3) is 4.99. The fourth-order valence-electron chi connectivity index (χ4n) is 3.82. The van der Waals surface area contributed by atoms with E-state index in [1.807, 2.05) is 18.2 Å². The number of aryl methyl sites for hydroxylation is 1. The largest absolute Gasteiger partial charge is 0.475 e. The maximum Gasteiger partial charge on any atom is 0.351 e. The molecule has 3 heterocycles. The third-order valence-electron chi connectivity index (χ3n) is 5.49. The van der Waals surface area contributed by atoms with Crippen molar-refractivity contribution in [3.8, 4) is 29.0 Å². The molecule has 164 valence electrons. The molecule has 2 aliphatic heterocycles. The molecule has 1 fully saturated rings. The number of methoxy groups -OCH3 is 1. The highest BCUT2D eigenvalue weighted by atomic mass is 16.6. The summed E-state index contributed by atoms with van der Waals surface area (Å²) in [5.41, 5.74) is 3.62. The van der Waals surface area contributed by atoms with Crippen molar-refractivity contribution in [1.82, 2.24) is 9.55 Å². The van der Waals surface area contributed by atoms with Gasteiger partial charge in [0.05, 0.1) is 25.5 Å². The van der Waals surface area contributed by atoms with Gasteiger partial charge in [-0.2, -0.15) is 4.98 Å². The molecule has 7 nitrogen and oxygen atoms in total. The predicted octanol–water partition coefficient (Wildman–Crippen LogP) is 2.28. The predicted molar refractivity (Wildman–Crippen MR) is 116 cm³/mol. The van der Waals surface area contributed by atoms with Crippen LogP contribution in [0.25, 0.3) is 11.3 Å². The summed E-state index contributed by atoms with van der Waals surface area (Å²) in [5.74, 6) is 7.05. The fourth-order valence-corrected chi connectivity index (χ4v) is 3.82. The van der Waals surface area contributed by atoms with Crippen LogP contribution in [-0.4, -0.2) is 55.3 Å². The molecule has 7 heteroatoms. The zero-order valence-corrected chi connectivity index (χ0v) is 18.2. The molecule has 2 aromatic rings. The molecule has 0 spiro atoms. The summed E-state index contributed by atoms with van der Waals surface area (Å²) in [4.78, 5) is 16.7. The molecule has 0 saturated carbocycles. The summed E-state index contributed by atoms with van der Waals surface area (Å²) >= 11 is 0. The fraction of sp³-hybridized carbons (Fsp3) is 0.500. The molecule has 0 amide bonds. The van der Waals surface area contributed by atoms with Crippen molar-refractivity contribution in [2.45, 2.75) is 39.0 Å². The van der Waals surface area contributed by atoms with E-state index in [9.17, 15) is 4.79 Å². The van der Waals surface area contributed by atoms with Crippen molar-refractivity contribution in [1.29, 1.82) is 0 Å². The van der Waals surface area contributed by atoms with Crippen LogP contribution in [-0.2, 0) is 27.2 Å². The molecule has 4 rings (SSSR count). The minimum atomic E-state index is -0.303. The van der Waals surface area contributed by atoms with Crippen molar-refractivity contribution in [2.75, 3.05) is 33.5 Å². The minimum Gasteiger partial charge on any atom is -0.475 e. The first-order chi connectivity index (χ1) is 15.0. The van der Waals surface area contributed by atoms with Gasteiger partial charge >= 0.3 is 5.69 Å². The van der Waals surface area contributed by atoms with Crippen LogP contribution in [0.3, 0.4) is 0 Å². The molecule has 2 atom stereocenters. The first kappa shape index (κ1) is 21.6. The van der Waals surface area contributed by atoms with Crippen molar-refractivity contribution in [3.05, 3.63) is 45.9 Å². The summed E-state index contributed by atoms with van der Waals surface area (Å²) in [6.45, 7) is 6.69. The van der Waals surface area contributed by atoms with E-state index in [4.69, 9.17) is 18.9 Å². The highest BCUT2D eigenvalue weighted by Gasteiger charge is 2.21. The van der Waals surface area contributed by atoms with E-state index >= 15 is 0 Å². The maximum atomic E-state index is 12.6. The molecule has 2 unspecified atom stereocenters. The average Bonchev–Trinajstić information content (AvgIpc) is 2.78. The lowest BCUT2D eigenvalue weighted by Crippen LogP contribution is -2.34. The number of benzene rings is 1. The Balaban J connectivity index is 1.57. The van der Waals surface area contributed by atoms with Crippen LogP contribution in [0.2, 0.25) is 0 Å². The number of rotatable bonds is 5. The van der Waals surface area contributed by atoms with Gasteiger partial charge in [-0.1, -0.05) is 31.8 Å². The monoisotopic (exact) mass is 424 g/mol. The number of hydrogen-bond donors (Lipinski definition) is 0. The number of aromatic nitrogens is 2. The Hall–Kier alpha value is -2.66. The van der Waals surface area contributed by atoms with E-state index in [1.54, 1.807) is 11.7 Å². The second-order valence-electron chi connectivity index (χ2n) is 8.08. The Morgan fingerprint density at radius 2 is 2.16 bits per heavy atom. The van der Waals surface area contributed by atoms with E-state index in [0.29, 0.717) is 44.8 Å². The Labute approximate surface area is 182 Å². The summed E-state index contributed by atoms with van der Waals surface area (Å²) in [7, 11) is 1.68. The van der Waals surface area contributed by atoms with Crippen molar-refractivity contribution in [2.24, 2.45) is 5.92 Å². The van der Waals surface area contributed by atoms with Crippen LogP contribution in [0.1, 0.15) is 25.0 Å². The normalized spacial score (nSPS) is 18.5. The van der Waals surface area contributed by atoms with E-state index in [0.717, 1.165) is 28.8 Å². The zero-order chi connectivity index (χ0) is 21.8. The van der Waals surface area contributed by atoms with Gasteiger partial charge in [-0.05, 0) is 30.0 Å². The van der Waals surface area contributed by atoms with Gasteiger partial charge in [0.2, 0.25) is 5.88 Å². The van der Waals surface area contributed by atoms with Gasteiger partial charge < -0.3 is 18.9 Å². The smallest absolute Gasteiger partial charge is 0.351 e. The Morgan fingerprint density at radius 3 is 2.90 bits per heavy atom. The molecule has 31 heavy (non-hydrogen) atoms. The van der Waals surface area contributed by atoms with E-state index in [1.165, 1.54) is 0 Å². The maximum absolute atomic E-state index is 12.6. The van der Waals surface area contributed by atoms with Gasteiger partial charge in [-0.15, -0.1) is 0 Å². The lowest BCUT2D eigenvalue weighted by atomic mass is 9.95. The molecule has 0 N–H and O–H groups in total. The first-order valence-corrected chi connectivity index (χ1v) is 10.7. The quantitative estimate of drug-likeness (QED) is 0.686. The molecular weight excluding hydrogens is 396 g/mol. The summed E-state index contributed by atoms with van der Waals surface area (Å²) in [5, 5.41) is 0. The van der Waals surface area contributed by atoms with Crippen LogP contribution in [0.4, 0.5) is 0 Å². The molecule has 2 aliphatic rings. The second-order valence-corrected chi connectivity index (χ2v) is 8.08. The van der Waals surface area contributed by atoms with Gasteiger partial charge in [0.1, 0.15) is 18.8 Å². The van der Waals surface area contributed by atoms with Crippen LogP contribution in [0, 0.1) is 17.8 Å². The Kier molecular flexibility index (Phi) is 6.71. The van der Waals surface area contributed by atoms with E-state index in [-0.39, 0.29) is 17.9 Å². The topological polar surface area (TPSA) is 71.8 Å². The van der Waals surface area contributed by atoms with Gasteiger partial charge in [0, 0.05) is 30.8 Å². The molecular formula is C24H28N2O5. The van der Waals surface area contributed by atoms with Gasteiger partial charge in [0.15, 0.2) is 0 Å². The molecule has 0 radical (unpaired) electrons. The highest BCUT2D eigenvalue weighted by Crippen LogP contribution is 2.30. The molecule has 1 aromatic carbocycles. The number of fused-ring (bicyclic) bond motifs is 3. The lowest BCUT2D eigenvalue weighted by molar-refractivity contribution is -0.102. The van der Waals surface area contributed by atoms with E-state index in [2.05, 4.69) is 36.7 Å². The van der Waals surface area contributed by atoms with Crippen LogP contribution < -0.4 is 10.4 Å². The number of hydrogen-bond acceptors (Lipinski definition) is 6. The SMILES string of the molecule is COC(C#Cc1ccc2c(c1)CCn1c-2cc(OCC2COCCO2)nc1=O)C(C)C. The van der Waals surface area contributed by atoms with Crippen molar-refractivity contribution < 1.29 is 18.9 Å². The first-order valence-electron chi connectivity index (χ1n) is 10.7. The van der Waals surface area contributed by atoms with Crippen molar-refractivity contribution >= 4 is 0 Å². The van der Waals surface area contributed by atoms with Gasteiger partial charge in [0.25, 0.3) is 0 Å². The number of ether oxygens (including phenoxy) is 4. The van der Waals surface area contributed by atoms with Crippen LogP contribution in [0.5, 0.6) is 5.88 Å². The molecule has 1 saturated heterocycles. The Bertz CT molecular complexity index is 1040. The lowest BCUT2D eigenvalue weighted by Gasteiger charge is -2.24. The highest BCUT2D eigenvalue weighted by molar-refractivity contribution is 5.68. The van der Waals surface area contributed by atoms with Gasteiger partial charge in [-0.3, -0.25) is 4.57 Å². The van der Waals surface area contributed by atoms with E-state index < -0.39 is 0 Å². The van der Waals surface area contributed by atoms with Crippen LogP contribution >= 0.6 is 0 Å². The standard InChI is InChI=1S/C24H28N2O5/c1-16(2)22(28-3)7-5-17-4-6-20-18(12-17)8-9-26-21(20)13-23(25-24(26)27)31-15-19-14-29-10-11-30-19/h4,6,12-13,16,19,22H,8-11,14-15H2,1-3H3. The third-order valence-corrected chi connectivity index (χ3v) is 5.49. The second kappa shape index (κ2) is 9.65. The molecule has 1 aromatic heterocycles.